The van der Waals surface area contributed by atoms with Crippen LogP contribution in [0.4, 0.5) is 0 Å². The SMILES string of the molecule is CNC(c1c(C)c(C)cc(C)c1C)C(C)O. The molecule has 0 aromatic heterocycles. The third-order valence-corrected chi connectivity index (χ3v) is 3.53. The number of rotatable bonds is 3. The van der Waals surface area contributed by atoms with Gasteiger partial charge in [0, 0.05) is 0 Å². The van der Waals surface area contributed by atoms with Crippen molar-refractivity contribution >= 4 is 0 Å². The van der Waals surface area contributed by atoms with Crippen molar-refractivity contribution in [2.75, 3.05) is 7.05 Å². The number of aryl methyl sites for hydroxylation is 2. The monoisotopic (exact) mass is 221 g/mol. The molecule has 0 spiro atoms. The van der Waals surface area contributed by atoms with Crippen LogP contribution >= 0.6 is 0 Å². The first-order valence-electron chi connectivity index (χ1n) is 5.82. The van der Waals surface area contributed by atoms with Gasteiger partial charge in [0.15, 0.2) is 0 Å². The summed E-state index contributed by atoms with van der Waals surface area (Å²) in [6.07, 6.45) is -0.386. The number of hydrogen-bond acceptors (Lipinski definition) is 2. The summed E-state index contributed by atoms with van der Waals surface area (Å²) in [7, 11) is 1.90. The number of aliphatic hydroxyl groups is 1. The van der Waals surface area contributed by atoms with Gasteiger partial charge in [-0.1, -0.05) is 6.07 Å². The zero-order valence-corrected chi connectivity index (χ0v) is 11.2. The van der Waals surface area contributed by atoms with Crippen LogP contribution in [0.2, 0.25) is 0 Å². The Kier molecular flexibility index (Phi) is 4.11. The Morgan fingerprint density at radius 2 is 1.50 bits per heavy atom. The van der Waals surface area contributed by atoms with E-state index in [-0.39, 0.29) is 12.1 Å². The van der Waals surface area contributed by atoms with Gasteiger partial charge in [0.1, 0.15) is 0 Å². The smallest absolute Gasteiger partial charge is 0.0706 e. The van der Waals surface area contributed by atoms with E-state index < -0.39 is 0 Å². The van der Waals surface area contributed by atoms with E-state index in [0.717, 1.165) is 0 Å². The quantitative estimate of drug-likeness (QED) is 0.822. The molecule has 0 aliphatic rings. The second kappa shape index (κ2) is 4.98. The molecule has 2 N–H and O–H groups in total. The van der Waals surface area contributed by atoms with Gasteiger partial charge in [0.2, 0.25) is 0 Å². The van der Waals surface area contributed by atoms with Crippen molar-refractivity contribution < 1.29 is 5.11 Å². The molecule has 16 heavy (non-hydrogen) atoms. The molecule has 2 heteroatoms. The maximum absolute atomic E-state index is 9.83. The lowest BCUT2D eigenvalue weighted by Gasteiger charge is -2.26. The first kappa shape index (κ1) is 13.2. The van der Waals surface area contributed by atoms with Crippen LogP contribution in [0.3, 0.4) is 0 Å². The number of likely N-dealkylation sites (N-methyl/N-ethyl adjacent to an activating group) is 1. The first-order valence-corrected chi connectivity index (χ1v) is 5.82. The molecule has 2 atom stereocenters. The van der Waals surface area contributed by atoms with Crippen LogP contribution in [0.5, 0.6) is 0 Å². The average molecular weight is 221 g/mol. The van der Waals surface area contributed by atoms with Crippen molar-refractivity contribution in [3.05, 3.63) is 33.9 Å². The van der Waals surface area contributed by atoms with Crippen LogP contribution in [-0.2, 0) is 0 Å². The van der Waals surface area contributed by atoms with E-state index >= 15 is 0 Å². The van der Waals surface area contributed by atoms with Gasteiger partial charge in [-0.2, -0.15) is 0 Å². The van der Waals surface area contributed by atoms with E-state index in [2.05, 4.69) is 39.1 Å². The van der Waals surface area contributed by atoms with E-state index in [9.17, 15) is 5.11 Å². The Bertz CT molecular complexity index is 357. The summed E-state index contributed by atoms with van der Waals surface area (Å²) in [6.45, 7) is 10.3. The molecule has 0 fully saturated rings. The largest absolute Gasteiger partial charge is 0.391 e. The van der Waals surface area contributed by atoms with Crippen LogP contribution in [-0.4, -0.2) is 18.3 Å². The molecule has 0 bridgehead atoms. The summed E-state index contributed by atoms with van der Waals surface area (Å²) in [5.41, 5.74) is 6.39. The van der Waals surface area contributed by atoms with E-state index in [1.807, 2.05) is 14.0 Å². The van der Waals surface area contributed by atoms with E-state index in [4.69, 9.17) is 0 Å². The third-order valence-electron chi connectivity index (χ3n) is 3.53. The van der Waals surface area contributed by atoms with Crippen LogP contribution in [0.1, 0.15) is 40.8 Å². The Morgan fingerprint density at radius 3 is 1.81 bits per heavy atom. The zero-order valence-electron chi connectivity index (χ0n) is 11.2. The van der Waals surface area contributed by atoms with Gasteiger partial charge in [0.05, 0.1) is 12.1 Å². The number of nitrogens with one attached hydrogen (secondary N) is 1. The summed E-state index contributed by atoms with van der Waals surface area (Å²) in [5.74, 6) is 0. The molecule has 90 valence electrons. The predicted molar refractivity (Wildman–Crippen MR) is 68.9 cm³/mol. The summed E-state index contributed by atoms with van der Waals surface area (Å²) in [4.78, 5) is 0. The lowest BCUT2D eigenvalue weighted by atomic mass is 9.88. The second-order valence-electron chi connectivity index (χ2n) is 4.68. The predicted octanol–water partition coefficient (Wildman–Crippen LogP) is 2.56. The van der Waals surface area contributed by atoms with Gasteiger partial charge in [-0.15, -0.1) is 0 Å². The van der Waals surface area contributed by atoms with Crippen molar-refractivity contribution in [1.29, 1.82) is 0 Å². The van der Waals surface area contributed by atoms with Gasteiger partial charge in [0.25, 0.3) is 0 Å². The Labute approximate surface area is 98.7 Å². The van der Waals surface area contributed by atoms with Crippen LogP contribution in [0.25, 0.3) is 0 Å². The fourth-order valence-electron chi connectivity index (χ4n) is 2.34. The molecule has 1 rings (SSSR count). The highest BCUT2D eigenvalue weighted by Gasteiger charge is 2.20. The molecule has 2 unspecified atom stereocenters. The standard InChI is InChI=1S/C14H23NO/c1-8-7-9(2)11(4)13(10(8)3)14(15-6)12(5)16/h7,12,14-16H,1-6H3. The maximum atomic E-state index is 9.83. The summed E-state index contributed by atoms with van der Waals surface area (Å²) in [5, 5.41) is 13.0. The minimum atomic E-state index is -0.386. The summed E-state index contributed by atoms with van der Waals surface area (Å²) < 4.78 is 0. The third kappa shape index (κ3) is 2.28. The van der Waals surface area contributed by atoms with Crippen LogP contribution < -0.4 is 5.32 Å². The topological polar surface area (TPSA) is 32.3 Å². The van der Waals surface area contributed by atoms with Gasteiger partial charge < -0.3 is 10.4 Å². The fourth-order valence-corrected chi connectivity index (χ4v) is 2.34. The molecule has 0 aliphatic heterocycles. The van der Waals surface area contributed by atoms with E-state index in [1.54, 1.807) is 0 Å². The molecule has 0 aliphatic carbocycles. The second-order valence-corrected chi connectivity index (χ2v) is 4.68. The molecular weight excluding hydrogens is 198 g/mol. The first-order chi connectivity index (χ1) is 7.40. The lowest BCUT2D eigenvalue weighted by molar-refractivity contribution is 0.149. The molecule has 1 aromatic carbocycles. The highest BCUT2D eigenvalue weighted by molar-refractivity contribution is 5.46. The highest BCUT2D eigenvalue weighted by atomic mass is 16.3. The lowest BCUT2D eigenvalue weighted by Crippen LogP contribution is -2.29. The highest BCUT2D eigenvalue weighted by Crippen LogP contribution is 2.28. The van der Waals surface area contributed by atoms with E-state index in [1.165, 1.54) is 27.8 Å². The van der Waals surface area contributed by atoms with Crippen molar-refractivity contribution in [2.45, 2.75) is 46.8 Å². The molecule has 0 saturated carbocycles. The van der Waals surface area contributed by atoms with Crippen LogP contribution in [0.15, 0.2) is 6.07 Å². The molecule has 2 nitrogen and oxygen atoms in total. The summed E-state index contributed by atoms with van der Waals surface area (Å²) >= 11 is 0. The van der Waals surface area contributed by atoms with Gasteiger partial charge >= 0.3 is 0 Å². The van der Waals surface area contributed by atoms with Gasteiger partial charge in [-0.05, 0) is 69.5 Å². The number of hydrogen-bond donors (Lipinski definition) is 2. The zero-order chi connectivity index (χ0) is 12.5. The van der Waals surface area contributed by atoms with Crippen molar-refractivity contribution in [2.24, 2.45) is 0 Å². The maximum Gasteiger partial charge on any atom is 0.0706 e. The van der Waals surface area contributed by atoms with Crippen molar-refractivity contribution in [1.82, 2.24) is 5.32 Å². The van der Waals surface area contributed by atoms with Crippen LogP contribution in [0, 0.1) is 27.7 Å². The van der Waals surface area contributed by atoms with E-state index in [0.29, 0.717) is 0 Å². The normalized spacial score (nSPS) is 14.9. The average Bonchev–Trinajstić information content (AvgIpc) is 2.21. The molecular formula is C14H23NO. The minimum absolute atomic E-state index is 0.0126. The number of aliphatic hydroxyl groups excluding tert-OH is 1. The fraction of sp³-hybridized carbons (Fsp3) is 0.571. The summed E-state index contributed by atoms with van der Waals surface area (Å²) in [6, 6.07) is 2.22. The Morgan fingerprint density at radius 1 is 1.06 bits per heavy atom. The Balaban J connectivity index is 3.41. The molecule has 1 aromatic rings. The molecule has 0 radical (unpaired) electrons. The Hall–Kier alpha value is -0.860. The van der Waals surface area contributed by atoms with Crippen molar-refractivity contribution in [3.8, 4) is 0 Å². The molecule has 0 saturated heterocycles. The van der Waals surface area contributed by atoms with Gasteiger partial charge in [-0.3, -0.25) is 0 Å². The van der Waals surface area contributed by atoms with Gasteiger partial charge in [-0.25, -0.2) is 0 Å². The molecule has 0 amide bonds. The number of benzene rings is 1. The molecule has 0 heterocycles. The van der Waals surface area contributed by atoms with Crippen molar-refractivity contribution in [3.63, 3.8) is 0 Å². The minimum Gasteiger partial charge on any atom is -0.391 e.